The van der Waals surface area contributed by atoms with Gasteiger partial charge < -0.3 is 20.5 Å². The van der Waals surface area contributed by atoms with E-state index < -0.39 is 0 Å². The van der Waals surface area contributed by atoms with Gasteiger partial charge in [-0.1, -0.05) is 19.3 Å². The summed E-state index contributed by atoms with van der Waals surface area (Å²) in [7, 11) is 3.23. The van der Waals surface area contributed by atoms with Gasteiger partial charge in [0, 0.05) is 17.5 Å². The fraction of sp³-hybridized carbons (Fsp3) is 0.500. The van der Waals surface area contributed by atoms with Crippen molar-refractivity contribution >= 4 is 22.7 Å². The number of aromatic nitrogens is 2. The van der Waals surface area contributed by atoms with Gasteiger partial charge in [0.15, 0.2) is 11.5 Å². The quantitative estimate of drug-likeness (QED) is 0.903. The van der Waals surface area contributed by atoms with E-state index in [9.17, 15) is 0 Å². The molecule has 0 amide bonds. The van der Waals surface area contributed by atoms with Crippen molar-refractivity contribution in [2.45, 2.75) is 38.1 Å². The smallest absolute Gasteiger partial charge is 0.222 e. The molecule has 1 aromatic heterocycles. The molecule has 0 spiro atoms. The molecule has 2 aromatic rings. The van der Waals surface area contributed by atoms with Crippen LogP contribution in [0.15, 0.2) is 12.1 Å². The van der Waals surface area contributed by atoms with Crippen LogP contribution in [0.5, 0.6) is 11.5 Å². The molecule has 1 heterocycles. The highest BCUT2D eigenvalue weighted by atomic mass is 16.5. The molecular formula is C16H22N4O2. The lowest BCUT2D eigenvalue weighted by Crippen LogP contribution is -2.23. The zero-order valence-electron chi connectivity index (χ0n) is 13.1. The Bertz CT molecular complexity index is 669. The van der Waals surface area contributed by atoms with Crippen LogP contribution in [0.3, 0.4) is 0 Å². The second-order valence-electron chi connectivity index (χ2n) is 5.63. The third-order valence-electron chi connectivity index (χ3n) is 4.16. The number of anilines is 2. The van der Waals surface area contributed by atoms with Crippen LogP contribution in [-0.4, -0.2) is 30.2 Å². The Morgan fingerprint density at radius 2 is 1.73 bits per heavy atom. The number of hydrogen-bond donors (Lipinski definition) is 2. The maximum Gasteiger partial charge on any atom is 0.222 e. The number of nitrogens with two attached hydrogens (primary N) is 1. The topological polar surface area (TPSA) is 82.3 Å². The van der Waals surface area contributed by atoms with Crippen LogP contribution in [0.4, 0.5) is 11.8 Å². The average Bonchev–Trinajstić information content (AvgIpc) is 2.54. The predicted octanol–water partition coefficient (Wildman–Crippen LogP) is 2.97. The Labute approximate surface area is 130 Å². The highest BCUT2D eigenvalue weighted by molar-refractivity contribution is 5.92. The number of ether oxygens (including phenoxy) is 2. The van der Waals surface area contributed by atoms with Crippen LogP contribution in [0.25, 0.3) is 10.9 Å². The van der Waals surface area contributed by atoms with Gasteiger partial charge in [0.1, 0.15) is 5.82 Å². The van der Waals surface area contributed by atoms with Crippen molar-refractivity contribution in [2.24, 2.45) is 0 Å². The molecule has 3 N–H and O–H groups in total. The first-order chi connectivity index (χ1) is 10.7. The summed E-state index contributed by atoms with van der Waals surface area (Å²) in [6, 6.07) is 4.18. The van der Waals surface area contributed by atoms with Gasteiger partial charge in [-0.25, -0.2) is 4.98 Å². The minimum absolute atomic E-state index is 0.262. The van der Waals surface area contributed by atoms with Gasteiger partial charge in [-0.15, -0.1) is 0 Å². The van der Waals surface area contributed by atoms with E-state index >= 15 is 0 Å². The molecule has 1 saturated carbocycles. The van der Waals surface area contributed by atoms with Gasteiger partial charge in [0.05, 0.1) is 19.7 Å². The van der Waals surface area contributed by atoms with Crippen molar-refractivity contribution in [3.05, 3.63) is 12.1 Å². The highest BCUT2D eigenvalue weighted by Crippen LogP contribution is 2.35. The number of hydrogen-bond acceptors (Lipinski definition) is 6. The number of nitrogens with zero attached hydrogens (tertiary/aromatic N) is 2. The number of nitrogen functional groups attached to an aromatic ring is 1. The predicted molar refractivity (Wildman–Crippen MR) is 87.6 cm³/mol. The normalized spacial score (nSPS) is 15.7. The molecule has 118 valence electrons. The maximum atomic E-state index is 5.86. The van der Waals surface area contributed by atoms with E-state index in [0.29, 0.717) is 17.5 Å². The summed E-state index contributed by atoms with van der Waals surface area (Å²) in [5.74, 6) is 2.33. The molecule has 0 saturated heterocycles. The Hall–Kier alpha value is -2.24. The lowest BCUT2D eigenvalue weighted by molar-refractivity contribution is 0.356. The van der Waals surface area contributed by atoms with Crippen molar-refractivity contribution in [3.63, 3.8) is 0 Å². The van der Waals surface area contributed by atoms with Gasteiger partial charge in [0.25, 0.3) is 0 Å². The second kappa shape index (κ2) is 6.25. The van der Waals surface area contributed by atoms with E-state index in [2.05, 4.69) is 15.3 Å². The number of fused-ring (bicyclic) bond motifs is 1. The summed E-state index contributed by atoms with van der Waals surface area (Å²) >= 11 is 0. The first-order valence-electron chi connectivity index (χ1n) is 7.67. The van der Waals surface area contributed by atoms with E-state index in [1.54, 1.807) is 14.2 Å². The third-order valence-corrected chi connectivity index (χ3v) is 4.16. The van der Waals surface area contributed by atoms with Crippen molar-refractivity contribution in [1.82, 2.24) is 9.97 Å². The second-order valence-corrected chi connectivity index (χ2v) is 5.63. The van der Waals surface area contributed by atoms with Gasteiger partial charge in [-0.2, -0.15) is 4.98 Å². The van der Waals surface area contributed by atoms with Crippen LogP contribution in [0.1, 0.15) is 32.1 Å². The summed E-state index contributed by atoms with van der Waals surface area (Å²) in [6.07, 6.45) is 6.16. The van der Waals surface area contributed by atoms with E-state index in [1.165, 1.54) is 32.1 Å². The lowest BCUT2D eigenvalue weighted by Gasteiger charge is -2.24. The van der Waals surface area contributed by atoms with E-state index in [0.717, 1.165) is 16.7 Å². The molecule has 1 aliphatic rings. The first-order valence-corrected chi connectivity index (χ1v) is 7.67. The number of benzene rings is 1. The monoisotopic (exact) mass is 302 g/mol. The summed E-state index contributed by atoms with van der Waals surface area (Å²) in [5.41, 5.74) is 6.61. The molecule has 0 unspecified atom stereocenters. The highest BCUT2D eigenvalue weighted by Gasteiger charge is 2.17. The van der Waals surface area contributed by atoms with Crippen molar-refractivity contribution in [3.8, 4) is 11.5 Å². The molecule has 1 aliphatic carbocycles. The number of nitrogens with one attached hydrogen (secondary N) is 1. The van der Waals surface area contributed by atoms with Gasteiger partial charge in [-0.3, -0.25) is 0 Å². The number of rotatable bonds is 4. The standard InChI is InChI=1S/C16H22N4O2/c1-21-13-8-11-12(9-14(13)22-2)19-16(17)20-15(11)18-10-6-4-3-5-7-10/h8-10H,3-7H2,1-2H3,(H3,17,18,19,20). The fourth-order valence-electron chi connectivity index (χ4n) is 3.02. The molecule has 0 aliphatic heterocycles. The first kappa shape index (κ1) is 14.7. The molecule has 1 aromatic carbocycles. The van der Waals surface area contributed by atoms with Crippen LogP contribution in [-0.2, 0) is 0 Å². The van der Waals surface area contributed by atoms with Gasteiger partial charge in [-0.05, 0) is 18.9 Å². The Morgan fingerprint density at radius 3 is 2.41 bits per heavy atom. The van der Waals surface area contributed by atoms with Gasteiger partial charge in [0.2, 0.25) is 5.95 Å². The summed E-state index contributed by atoms with van der Waals surface area (Å²) in [4.78, 5) is 8.69. The molecule has 0 atom stereocenters. The Morgan fingerprint density at radius 1 is 1.05 bits per heavy atom. The molecule has 6 nitrogen and oxygen atoms in total. The van der Waals surface area contributed by atoms with Crippen LogP contribution < -0.4 is 20.5 Å². The summed E-state index contributed by atoms with van der Waals surface area (Å²) in [6.45, 7) is 0. The van der Waals surface area contributed by atoms with E-state index in [-0.39, 0.29) is 5.95 Å². The molecule has 1 fully saturated rings. The summed E-state index contributed by atoms with van der Waals surface area (Å²) < 4.78 is 10.7. The molecule has 0 radical (unpaired) electrons. The number of methoxy groups -OCH3 is 2. The zero-order chi connectivity index (χ0) is 15.5. The Balaban J connectivity index is 2.03. The molecule has 22 heavy (non-hydrogen) atoms. The largest absolute Gasteiger partial charge is 0.493 e. The zero-order valence-corrected chi connectivity index (χ0v) is 13.1. The fourth-order valence-corrected chi connectivity index (χ4v) is 3.02. The molecular weight excluding hydrogens is 280 g/mol. The van der Waals surface area contributed by atoms with Crippen LogP contribution in [0, 0.1) is 0 Å². The maximum absolute atomic E-state index is 5.86. The van der Waals surface area contributed by atoms with Crippen LogP contribution in [0.2, 0.25) is 0 Å². The van der Waals surface area contributed by atoms with E-state index in [1.807, 2.05) is 12.1 Å². The third kappa shape index (κ3) is 2.86. The minimum atomic E-state index is 0.262. The minimum Gasteiger partial charge on any atom is -0.493 e. The molecule has 3 rings (SSSR count). The van der Waals surface area contributed by atoms with Gasteiger partial charge >= 0.3 is 0 Å². The SMILES string of the molecule is COc1cc2nc(N)nc(NC3CCCCC3)c2cc1OC. The van der Waals surface area contributed by atoms with Crippen molar-refractivity contribution in [1.29, 1.82) is 0 Å². The van der Waals surface area contributed by atoms with Crippen LogP contribution >= 0.6 is 0 Å². The molecule has 0 bridgehead atoms. The average molecular weight is 302 g/mol. The summed E-state index contributed by atoms with van der Waals surface area (Å²) in [5, 5.41) is 4.43. The van der Waals surface area contributed by atoms with E-state index in [4.69, 9.17) is 15.2 Å². The lowest BCUT2D eigenvalue weighted by atomic mass is 9.95. The van der Waals surface area contributed by atoms with Crippen molar-refractivity contribution in [2.75, 3.05) is 25.3 Å². The molecule has 6 heteroatoms. The van der Waals surface area contributed by atoms with Crippen molar-refractivity contribution < 1.29 is 9.47 Å². The Kier molecular flexibility index (Phi) is 4.18.